The average Bonchev–Trinajstić information content (AvgIpc) is 2.32. The van der Waals surface area contributed by atoms with E-state index in [1.54, 1.807) is 0 Å². The summed E-state index contributed by atoms with van der Waals surface area (Å²) in [4.78, 5) is 0. The molecule has 1 aliphatic carbocycles. The predicted octanol–water partition coefficient (Wildman–Crippen LogP) is 2.33. The molecule has 3 unspecified atom stereocenters. The molecule has 17 heavy (non-hydrogen) atoms. The summed E-state index contributed by atoms with van der Waals surface area (Å²) in [6, 6.07) is 0.601. The van der Waals surface area contributed by atoms with E-state index in [0.717, 1.165) is 25.4 Å². The van der Waals surface area contributed by atoms with Crippen LogP contribution in [0.4, 0.5) is 0 Å². The van der Waals surface area contributed by atoms with E-state index in [1.165, 1.54) is 25.7 Å². The molecule has 0 aliphatic heterocycles. The number of aliphatic hydroxyl groups excluding tert-OH is 1. The molecule has 0 radical (unpaired) electrons. The first-order chi connectivity index (χ1) is 8.22. The maximum absolute atomic E-state index is 9.76. The van der Waals surface area contributed by atoms with Crippen molar-refractivity contribution in [2.45, 2.75) is 64.5 Å². The van der Waals surface area contributed by atoms with Crippen LogP contribution in [0.2, 0.25) is 0 Å². The topological polar surface area (TPSA) is 41.5 Å². The van der Waals surface area contributed by atoms with Gasteiger partial charge < -0.3 is 15.2 Å². The predicted molar refractivity (Wildman–Crippen MR) is 71.2 cm³/mol. The van der Waals surface area contributed by atoms with Gasteiger partial charge in [0.2, 0.25) is 0 Å². The largest absolute Gasteiger partial charge is 0.389 e. The summed E-state index contributed by atoms with van der Waals surface area (Å²) in [5.74, 6) is 0.833. The highest BCUT2D eigenvalue weighted by atomic mass is 16.5. The molecule has 0 amide bonds. The molecule has 0 aromatic rings. The minimum atomic E-state index is -0.357. The van der Waals surface area contributed by atoms with Gasteiger partial charge in [-0.1, -0.05) is 33.1 Å². The SMILES string of the molecule is CCCCOCC(O)CNC1CCCC(C)C1. The highest BCUT2D eigenvalue weighted by Crippen LogP contribution is 2.23. The standard InChI is InChI=1S/C14H29NO2/c1-3-4-8-17-11-14(16)10-15-13-7-5-6-12(2)9-13/h12-16H,3-11H2,1-2H3. The van der Waals surface area contributed by atoms with Gasteiger partial charge in [0.1, 0.15) is 0 Å². The molecule has 3 nitrogen and oxygen atoms in total. The van der Waals surface area contributed by atoms with Gasteiger partial charge in [0, 0.05) is 19.2 Å². The van der Waals surface area contributed by atoms with E-state index >= 15 is 0 Å². The van der Waals surface area contributed by atoms with E-state index in [-0.39, 0.29) is 6.10 Å². The second-order valence-electron chi connectivity index (χ2n) is 5.46. The van der Waals surface area contributed by atoms with Crippen molar-refractivity contribution in [1.29, 1.82) is 0 Å². The Kier molecular flexibility index (Phi) is 7.82. The number of ether oxygens (including phenoxy) is 1. The number of nitrogens with one attached hydrogen (secondary N) is 1. The number of aliphatic hydroxyl groups is 1. The van der Waals surface area contributed by atoms with Gasteiger partial charge in [0.15, 0.2) is 0 Å². The zero-order valence-corrected chi connectivity index (χ0v) is 11.5. The van der Waals surface area contributed by atoms with Gasteiger partial charge in [-0.25, -0.2) is 0 Å². The van der Waals surface area contributed by atoms with Gasteiger partial charge in [0.05, 0.1) is 12.7 Å². The first kappa shape index (κ1) is 14.9. The summed E-state index contributed by atoms with van der Waals surface area (Å²) in [5, 5.41) is 13.2. The molecule has 3 heteroatoms. The monoisotopic (exact) mass is 243 g/mol. The van der Waals surface area contributed by atoms with Crippen molar-refractivity contribution in [3.8, 4) is 0 Å². The molecule has 0 aromatic heterocycles. The number of hydrogen-bond donors (Lipinski definition) is 2. The van der Waals surface area contributed by atoms with Gasteiger partial charge in [-0.3, -0.25) is 0 Å². The fourth-order valence-corrected chi connectivity index (χ4v) is 2.45. The third kappa shape index (κ3) is 7.02. The molecule has 102 valence electrons. The summed E-state index contributed by atoms with van der Waals surface area (Å²) in [6.45, 7) is 6.37. The number of rotatable bonds is 8. The lowest BCUT2D eigenvalue weighted by molar-refractivity contribution is 0.0335. The van der Waals surface area contributed by atoms with Crippen molar-refractivity contribution in [2.75, 3.05) is 19.8 Å². The molecule has 0 heterocycles. The molecule has 1 rings (SSSR count). The van der Waals surface area contributed by atoms with Crippen LogP contribution in [0.1, 0.15) is 52.4 Å². The first-order valence-electron chi connectivity index (χ1n) is 7.21. The fraction of sp³-hybridized carbons (Fsp3) is 1.00. The maximum Gasteiger partial charge on any atom is 0.0897 e. The zero-order valence-electron chi connectivity index (χ0n) is 11.5. The molecular formula is C14H29NO2. The summed E-state index contributed by atoms with van der Waals surface area (Å²) in [5.41, 5.74) is 0. The van der Waals surface area contributed by atoms with Crippen LogP contribution in [0, 0.1) is 5.92 Å². The Hall–Kier alpha value is -0.120. The molecule has 1 saturated carbocycles. The third-order valence-corrected chi connectivity index (χ3v) is 3.53. The van der Waals surface area contributed by atoms with Gasteiger partial charge in [-0.05, 0) is 25.2 Å². The molecule has 0 spiro atoms. The van der Waals surface area contributed by atoms with Crippen molar-refractivity contribution in [3.05, 3.63) is 0 Å². The van der Waals surface area contributed by atoms with E-state index in [9.17, 15) is 5.11 Å². The quantitative estimate of drug-likeness (QED) is 0.643. The maximum atomic E-state index is 9.76. The van der Waals surface area contributed by atoms with Crippen LogP contribution in [0.3, 0.4) is 0 Å². The van der Waals surface area contributed by atoms with E-state index in [0.29, 0.717) is 19.2 Å². The Morgan fingerprint density at radius 2 is 2.24 bits per heavy atom. The molecule has 1 aliphatic rings. The molecular weight excluding hydrogens is 214 g/mol. The van der Waals surface area contributed by atoms with E-state index in [1.807, 2.05) is 0 Å². The Labute approximate surface area is 106 Å². The van der Waals surface area contributed by atoms with E-state index in [2.05, 4.69) is 19.2 Å². The minimum absolute atomic E-state index is 0.357. The summed E-state index contributed by atoms with van der Waals surface area (Å²) >= 11 is 0. The Balaban J connectivity index is 2.00. The average molecular weight is 243 g/mol. The van der Waals surface area contributed by atoms with Crippen LogP contribution in [0.5, 0.6) is 0 Å². The normalized spacial score (nSPS) is 27.0. The van der Waals surface area contributed by atoms with Gasteiger partial charge >= 0.3 is 0 Å². The Bertz CT molecular complexity index is 187. The summed E-state index contributed by atoms with van der Waals surface area (Å²) in [6.07, 6.45) is 7.07. The third-order valence-electron chi connectivity index (χ3n) is 3.53. The molecule has 0 saturated heterocycles. The van der Waals surface area contributed by atoms with Crippen LogP contribution < -0.4 is 5.32 Å². The molecule has 2 N–H and O–H groups in total. The van der Waals surface area contributed by atoms with E-state index in [4.69, 9.17) is 4.74 Å². The second kappa shape index (κ2) is 8.90. The van der Waals surface area contributed by atoms with Crippen LogP contribution in [-0.4, -0.2) is 37.0 Å². The van der Waals surface area contributed by atoms with Gasteiger partial charge in [-0.15, -0.1) is 0 Å². The van der Waals surface area contributed by atoms with Gasteiger partial charge in [0.25, 0.3) is 0 Å². The van der Waals surface area contributed by atoms with Crippen LogP contribution >= 0.6 is 0 Å². The van der Waals surface area contributed by atoms with Crippen LogP contribution in [0.25, 0.3) is 0 Å². The lowest BCUT2D eigenvalue weighted by Gasteiger charge is -2.28. The van der Waals surface area contributed by atoms with Crippen LogP contribution in [0.15, 0.2) is 0 Å². The Morgan fingerprint density at radius 3 is 2.94 bits per heavy atom. The zero-order chi connectivity index (χ0) is 12.5. The first-order valence-corrected chi connectivity index (χ1v) is 7.21. The fourth-order valence-electron chi connectivity index (χ4n) is 2.45. The number of hydrogen-bond acceptors (Lipinski definition) is 3. The van der Waals surface area contributed by atoms with Crippen molar-refractivity contribution in [2.24, 2.45) is 5.92 Å². The minimum Gasteiger partial charge on any atom is -0.389 e. The lowest BCUT2D eigenvalue weighted by atomic mass is 9.87. The highest BCUT2D eigenvalue weighted by Gasteiger charge is 2.18. The van der Waals surface area contributed by atoms with Crippen LogP contribution in [-0.2, 0) is 4.74 Å². The number of unbranched alkanes of at least 4 members (excludes halogenated alkanes) is 1. The molecule has 1 fully saturated rings. The van der Waals surface area contributed by atoms with Crippen molar-refractivity contribution in [3.63, 3.8) is 0 Å². The summed E-state index contributed by atoms with van der Waals surface area (Å²) < 4.78 is 5.41. The lowest BCUT2D eigenvalue weighted by Crippen LogP contribution is -2.39. The summed E-state index contributed by atoms with van der Waals surface area (Å²) in [7, 11) is 0. The van der Waals surface area contributed by atoms with Crippen molar-refractivity contribution < 1.29 is 9.84 Å². The molecule has 0 aromatic carbocycles. The van der Waals surface area contributed by atoms with Gasteiger partial charge in [-0.2, -0.15) is 0 Å². The van der Waals surface area contributed by atoms with E-state index < -0.39 is 0 Å². The highest BCUT2D eigenvalue weighted by molar-refractivity contribution is 4.76. The molecule has 3 atom stereocenters. The Morgan fingerprint density at radius 1 is 1.41 bits per heavy atom. The second-order valence-corrected chi connectivity index (χ2v) is 5.46. The van der Waals surface area contributed by atoms with Crippen molar-refractivity contribution in [1.82, 2.24) is 5.32 Å². The van der Waals surface area contributed by atoms with Crippen molar-refractivity contribution >= 4 is 0 Å². The molecule has 0 bridgehead atoms. The smallest absolute Gasteiger partial charge is 0.0897 e.